The van der Waals surface area contributed by atoms with Gasteiger partial charge in [0.1, 0.15) is 16.8 Å². The zero-order valence-electron chi connectivity index (χ0n) is 7.28. The summed E-state index contributed by atoms with van der Waals surface area (Å²) in [5.74, 6) is 4.51. The van der Waals surface area contributed by atoms with E-state index in [1.807, 2.05) is 0 Å². The lowest BCUT2D eigenvalue weighted by atomic mass is 10.0. The Morgan fingerprint density at radius 3 is 2.29 bits per heavy atom. The van der Waals surface area contributed by atoms with Crippen LogP contribution < -0.4 is 5.73 Å². The summed E-state index contributed by atoms with van der Waals surface area (Å²) in [7, 11) is 0. The van der Waals surface area contributed by atoms with Crippen molar-refractivity contribution in [3.8, 4) is 24.7 Å². The summed E-state index contributed by atoms with van der Waals surface area (Å²) in [5, 5.41) is 10.6. The molecule has 0 spiro atoms. The largest absolute Gasteiger partial charge is 0.324 e. The number of hydrogen-bond donors (Lipinski definition) is 1. The van der Waals surface area contributed by atoms with Crippen molar-refractivity contribution in [3.63, 3.8) is 0 Å². The molecule has 1 aromatic carbocycles. The second-order valence-corrected chi connectivity index (χ2v) is 2.54. The highest BCUT2D eigenvalue weighted by Gasteiger charge is 2.18. The molecule has 1 aromatic rings. The molecule has 4 heteroatoms. The molecule has 4 nitrogen and oxygen atoms in total. The number of nitro groups is 1. The van der Waals surface area contributed by atoms with Gasteiger partial charge in [0.2, 0.25) is 0 Å². The maximum absolute atomic E-state index is 10.6. The van der Waals surface area contributed by atoms with Crippen LogP contribution >= 0.6 is 0 Å². The zero-order valence-corrected chi connectivity index (χ0v) is 7.28. The molecule has 14 heavy (non-hydrogen) atoms. The first-order valence-corrected chi connectivity index (χ1v) is 3.68. The first kappa shape index (κ1) is 9.79. The summed E-state index contributed by atoms with van der Waals surface area (Å²) >= 11 is 0. The molecule has 0 atom stereocenters. The van der Waals surface area contributed by atoms with Crippen LogP contribution in [0.4, 0.5) is 11.4 Å². The van der Waals surface area contributed by atoms with E-state index in [4.69, 9.17) is 12.8 Å². The van der Waals surface area contributed by atoms with Gasteiger partial charge in [0.15, 0.2) is 0 Å². The molecule has 0 saturated heterocycles. The summed E-state index contributed by atoms with van der Waals surface area (Å²) < 4.78 is 0. The fraction of sp³-hybridized carbons (Fsp3) is 0. The van der Waals surface area contributed by atoms with E-state index in [2.05, 4.69) is 17.6 Å². The Balaban J connectivity index is 3.61. The maximum Gasteiger partial charge on any atom is 0.286 e. The first-order valence-electron chi connectivity index (χ1n) is 3.68. The van der Waals surface area contributed by atoms with Gasteiger partial charge in [-0.3, -0.25) is 10.1 Å². The maximum atomic E-state index is 10.6. The van der Waals surface area contributed by atoms with E-state index >= 15 is 0 Å². The van der Waals surface area contributed by atoms with E-state index in [1.165, 1.54) is 12.1 Å². The molecule has 0 aliphatic heterocycles. The van der Waals surface area contributed by atoms with Crippen LogP contribution in [0.25, 0.3) is 0 Å². The van der Waals surface area contributed by atoms with Crippen molar-refractivity contribution in [1.29, 1.82) is 0 Å². The van der Waals surface area contributed by atoms with Crippen LogP contribution in [-0.2, 0) is 0 Å². The van der Waals surface area contributed by atoms with Crippen molar-refractivity contribution >= 4 is 11.4 Å². The lowest BCUT2D eigenvalue weighted by Crippen LogP contribution is -2.41. The molecule has 3 N–H and O–H groups in total. The highest BCUT2D eigenvalue weighted by Crippen LogP contribution is 2.24. The molecule has 0 fully saturated rings. The van der Waals surface area contributed by atoms with Crippen molar-refractivity contribution in [2.45, 2.75) is 0 Å². The predicted octanol–water partition coefficient (Wildman–Crippen LogP) is 0.431. The molecule has 0 bridgehead atoms. The van der Waals surface area contributed by atoms with E-state index in [1.54, 1.807) is 0 Å². The summed E-state index contributed by atoms with van der Waals surface area (Å²) in [5.41, 5.74) is 4.42. The molecule has 0 aliphatic carbocycles. The lowest BCUT2D eigenvalue weighted by molar-refractivity contribution is -0.385. The van der Waals surface area contributed by atoms with Crippen LogP contribution in [0.5, 0.6) is 0 Å². The van der Waals surface area contributed by atoms with Gasteiger partial charge in [0.25, 0.3) is 5.69 Å². The average Bonchev–Trinajstić information content (AvgIpc) is 2.16. The Labute approximate surface area is 80.9 Å². The second kappa shape index (κ2) is 3.61. The van der Waals surface area contributed by atoms with E-state index in [9.17, 15) is 10.1 Å². The van der Waals surface area contributed by atoms with Gasteiger partial charge < -0.3 is 5.73 Å². The van der Waals surface area contributed by atoms with Crippen molar-refractivity contribution in [2.24, 2.45) is 0 Å². The minimum absolute atomic E-state index is 0.116. The highest BCUT2D eigenvalue weighted by molar-refractivity contribution is 5.66. The molecular formula is C10H7N2O2+. The molecule has 0 unspecified atom stereocenters. The van der Waals surface area contributed by atoms with Gasteiger partial charge in [0, 0.05) is 12.1 Å². The molecule has 0 heterocycles. The van der Waals surface area contributed by atoms with Gasteiger partial charge in [-0.25, -0.2) is 0 Å². The Morgan fingerprint density at radius 2 is 1.86 bits per heavy atom. The Bertz CT molecular complexity index is 478. The standard InChI is InChI=1S/C10H6N2O2/c1-3-7-8(4-2)10(12(13)14)6-5-9(7)11/h1-2,5-6H,11H2/p+1. The fourth-order valence-electron chi connectivity index (χ4n) is 1.10. The third kappa shape index (κ3) is 1.42. The molecule has 0 amide bonds. The van der Waals surface area contributed by atoms with Gasteiger partial charge in [-0.1, -0.05) is 11.8 Å². The normalized spacial score (nSPS) is 8.79. The quantitative estimate of drug-likeness (QED) is 0.393. The van der Waals surface area contributed by atoms with Crippen LogP contribution in [0.3, 0.4) is 0 Å². The smallest absolute Gasteiger partial charge is 0.286 e. The SMILES string of the molecule is C#Cc1c([NH3+])ccc([N+](=O)[O-])c1C#C. The first-order chi connectivity index (χ1) is 6.61. The molecule has 0 aromatic heterocycles. The Morgan fingerprint density at radius 1 is 1.29 bits per heavy atom. The number of rotatable bonds is 1. The number of terminal acetylenes is 2. The molecular weight excluding hydrogens is 180 g/mol. The Kier molecular flexibility index (Phi) is 2.52. The predicted molar refractivity (Wildman–Crippen MR) is 51.5 cm³/mol. The van der Waals surface area contributed by atoms with E-state index in [0.717, 1.165) is 0 Å². The molecule has 0 radical (unpaired) electrons. The van der Waals surface area contributed by atoms with E-state index in [0.29, 0.717) is 11.3 Å². The van der Waals surface area contributed by atoms with Gasteiger partial charge in [0.05, 0.1) is 4.92 Å². The summed E-state index contributed by atoms with van der Waals surface area (Å²) in [6.07, 6.45) is 10.3. The summed E-state index contributed by atoms with van der Waals surface area (Å²) in [6.45, 7) is 0. The topological polar surface area (TPSA) is 70.8 Å². The van der Waals surface area contributed by atoms with Crippen molar-refractivity contribution in [2.75, 3.05) is 0 Å². The van der Waals surface area contributed by atoms with Crippen LogP contribution in [0, 0.1) is 34.8 Å². The van der Waals surface area contributed by atoms with Crippen molar-refractivity contribution in [3.05, 3.63) is 33.4 Å². The molecule has 68 valence electrons. The van der Waals surface area contributed by atoms with Crippen LogP contribution in [0.1, 0.15) is 11.1 Å². The van der Waals surface area contributed by atoms with Crippen LogP contribution in [0.2, 0.25) is 0 Å². The number of nitrogens with zero attached hydrogens (tertiary/aromatic N) is 1. The van der Waals surface area contributed by atoms with Gasteiger partial charge >= 0.3 is 0 Å². The third-order valence-corrected chi connectivity index (χ3v) is 1.76. The van der Waals surface area contributed by atoms with Gasteiger partial charge in [-0.2, -0.15) is 0 Å². The molecule has 1 rings (SSSR count). The zero-order chi connectivity index (χ0) is 10.7. The van der Waals surface area contributed by atoms with E-state index < -0.39 is 4.92 Å². The average molecular weight is 187 g/mol. The summed E-state index contributed by atoms with van der Waals surface area (Å²) in [6, 6.07) is 2.78. The Hall–Kier alpha value is -2.30. The lowest BCUT2D eigenvalue weighted by Gasteiger charge is -1.99. The summed E-state index contributed by atoms with van der Waals surface area (Å²) in [4.78, 5) is 10.0. The minimum atomic E-state index is -0.560. The molecule has 0 aliphatic rings. The fourth-order valence-corrected chi connectivity index (χ4v) is 1.10. The number of quaternary nitrogens is 1. The van der Waals surface area contributed by atoms with Crippen molar-refractivity contribution in [1.82, 2.24) is 0 Å². The minimum Gasteiger partial charge on any atom is -0.324 e. The number of hydrogen-bond acceptors (Lipinski definition) is 2. The number of nitro benzene ring substituents is 1. The van der Waals surface area contributed by atoms with Gasteiger partial charge in [-0.05, 0) is 0 Å². The third-order valence-electron chi connectivity index (χ3n) is 1.76. The monoisotopic (exact) mass is 187 g/mol. The van der Waals surface area contributed by atoms with Crippen LogP contribution in [-0.4, -0.2) is 4.92 Å². The second-order valence-electron chi connectivity index (χ2n) is 2.54. The van der Waals surface area contributed by atoms with Crippen LogP contribution in [0.15, 0.2) is 12.1 Å². The van der Waals surface area contributed by atoms with Crippen molar-refractivity contribution < 1.29 is 10.7 Å². The molecule has 0 saturated carbocycles. The van der Waals surface area contributed by atoms with E-state index in [-0.39, 0.29) is 11.3 Å². The highest BCUT2D eigenvalue weighted by atomic mass is 16.6. The van der Waals surface area contributed by atoms with Gasteiger partial charge in [-0.15, -0.1) is 12.8 Å². The number of benzene rings is 1.